The third kappa shape index (κ3) is 1.91. The molecule has 1 unspecified atom stereocenters. The minimum absolute atomic E-state index is 0.0408. The molecule has 2 aliphatic carbocycles. The van der Waals surface area contributed by atoms with Crippen molar-refractivity contribution in [3.63, 3.8) is 0 Å². The number of esters is 1. The van der Waals surface area contributed by atoms with E-state index in [1.807, 2.05) is 0 Å². The molecule has 0 heterocycles. The second-order valence-electron chi connectivity index (χ2n) is 5.63. The van der Waals surface area contributed by atoms with Crippen LogP contribution in [0.2, 0.25) is 0 Å². The van der Waals surface area contributed by atoms with Crippen molar-refractivity contribution < 1.29 is 9.53 Å². The van der Waals surface area contributed by atoms with Gasteiger partial charge < -0.3 is 4.74 Å². The summed E-state index contributed by atoms with van der Waals surface area (Å²) in [5.41, 5.74) is 0. The lowest BCUT2D eigenvalue weighted by atomic mass is 9.68. The number of fused-ring (bicyclic) bond motifs is 2. The van der Waals surface area contributed by atoms with Crippen LogP contribution in [0.4, 0.5) is 0 Å². The molecule has 2 fully saturated rings. The number of methoxy groups -OCH3 is 1. The maximum absolute atomic E-state index is 11.8. The highest BCUT2D eigenvalue weighted by Gasteiger charge is 2.46. The van der Waals surface area contributed by atoms with Crippen LogP contribution in [0, 0.1) is 29.6 Å². The van der Waals surface area contributed by atoms with Gasteiger partial charge >= 0.3 is 5.97 Å². The zero-order valence-corrected chi connectivity index (χ0v) is 10.0. The average Bonchev–Trinajstić information content (AvgIpc) is 2.59. The minimum Gasteiger partial charge on any atom is -0.469 e. The Bertz CT molecular complexity index is 247. The maximum Gasteiger partial charge on any atom is 0.309 e. The molecule has 0 spiro atoms. The first-order valence-electron chi connectivity index (χ1n) is 6.21. The Labute approximate surface area is 92.4 Å². The molecular formula is C13H22O2. The highest BCUT2D eigenvalue weighted by molar-refractivity contribution is 5.73. The van der Waals surface area contributed by atoms with Crippen LogP contribution in [0.25, 0.3) is 0 Å². The van der Waals surface area contributed by atoms with Crippen LogP contribution < -0.4 is 0 Å². The molecule has 86 valence electrons. The molecule has 2 rings (SSSR count). The Morgan fingerprint density at radius 2 is 2.00 bits per heavy atom. The standard InChI is InChI=1S/C13H22O2/c1-8(2)11-7-9-4-5-10(6-9)12(11)13(14)15-3/h8-12H,4-7H2,1-3H3/t9-,10+,11+,12?/m0/s1. The number of ether oxygens (including phenoxy) is 1. The highest BCUT2D eigenvalue weighted by atomic mass is 16.5. The quantitative estimate of drug-likeness (QED) is 0.655. The van der Waals surface area contributed by atoms with E-state index in [2.05, 4.69) is 13.8 Å². The Kier molecular flexibility index (Phi) is 3.03. The molecule has 0 radical (unpaired) electrons. The molecule has 0 amide bonds. The summed E-state index contributed by atoms with van der Waals surface area (Å²) >= 11 is 0. The summed E-state index contributed by atoms with van der Waals surface area (Å²) in [5, 5.41) is 0. The Balaban J connectivity index is 2.17. The molecular weight excluding hydrogens is 188 g/mol. The molecule has 0 saturated heterocycles. The van der Waals surface area contributed by atoms with E-state index in [9.17, 15) is 4.79 Å². The van der Waals surface area contributed by atoms with Gasteiger partial charge in [0.25, 0.3) is 0 Å². The van der Waals surface area contributed by atoms with E-state index in [1.54, 1.807) is 0 Å². The maximum atomic E-state index is 11.8. The normalized spacial score (nSPS) is 39.5. The van der Waals surface area contributed by atoms with Crippen molar-refractivity contribution >= 4 is 5.97 Å². The van der Waals surface area contributed by atoms with Gasteiger partial charge in [0.05, 0.1) is 13.0 Å². The molecule has 2 nitrogen and oxygen atoms in total. The Hall–Kier alpha value is -0.530. The molecule has 2 saturated carbocycles. The molecule has 0 aliphatic heterocycles. The summed E-state index contributed by atoms with van der Waals surface area (Å²) in [7, 11) is 1.53. The summed E-state index contributed by atoms with van der Waals surface area (Å²) in [4.78, 5) is 11.8. The summed E-state index contributed by atoms with van der Waals surface area (Å²) in [6.45, 7) is 4.48. The second kappa shape index (κ2) is 4.15. The first-order chi connectivity index (χ1) is 7.13. The van der Waals surface area contributed by atoms with Crippen molar-refractivity contribution in [3.05, 3.63) is 0 Å². The van der Waals surface area contributed by atoms with Crippen LogP contribution in [0.3, 0.4) is 0 Å². The van der Waals surface area contributed by atoms with E-state index in [1.165, 1.54) is 32.8 Å². The van der Waals surface area contributed by atoms with Gasteiger partial charge in [0.15, 0.2) is 0 Å². The third-order valence-electron chi connectivity index (χ3n) is 4.49. The fourth-order valence-corrected chi connectivity index (χ4v) is 3.73. The Morgan fingerprint density at radius 3 is 2.60 bits per heavy atom. The van der Waals surface area contributed by atoms with Crippen LogP contribution >= 0.6 is 0 Å². The van der Waals surface area contributed by atoms with Gasteiger partial charge in [-0.05, 0) is 42.9 Å². The van der Waals surface area contributed by atoms with Crippen LogP contribution in [0.5, 0.6) is 0 Å². The van der Waals surface area contributed by atoms with Crippen molar-refractivity contribution in [1.82, 2.24) is 0 Å². The lowest BCUT2D eigenvalue weighted by molar-refractivity contribution is -0.152. The predicted octanol–water partition coefficient (Wildman–Crippen LogP) is 2.87. The summed E-state index contributed by atoms with van der Waals surface area (Å²) < 4.78 is 4.98. The fourth-order valence-electron chi connectivity index (χ4n) is 3.73. The summed E-state index contributed by atoms with van der Waals surface area (Å²) in [6, 6.07) is 0. The van der Waals surface area contributed by atoms with E-state index in [4.69, 9.17) is 4.74 Å². The van der Waals surface area contributed by atoms with Gasteiger partial charge in [0.2, 0.25) is 0 Å². The number of carbonyl (C=O) groups is 1. The highest BCUT2D eigenvalue weighted by Crippen LogP contribution is 2.50. The van der Waals surface area contributed by atoms with E-state index in [0.29, 0.717) is 17.8 Å². The van der Waals surface area contributed by atoms with E-state index in [-0.39, 0.29) is 11.9 Å². The largest absolute Gasteiger partial charge is 0.469 e. The van der Waals surface area contributed by atoms with Gasteiger partial charge in [-0.2, -0.15) is 0 Å². The first-order valence-corrected chi connectivity index (χ1v) is 6.21. The van der Waals surface area contributed by atoms with Crippen molar-refractivity contribution in [1.29, 1.82) is 0 Å². The molecule has 4 atom stereocenters. The zero-order chi connectivity index (χ0) is 11.0. The van der Waals surface area contributed by atoms with Gasteiger partial charge in [-0.15, -0.1) is 0 Å². The van der Waals surface area contributed by atoms with Crippen LogP contribution in [-0.4, -0.2) is 13.1 Å². The van der Waals surface area contributed by atoms with Gasteiger partial charge in [-0.1, -0.05) is 20.3 Å². The third-order valence-corrected chi connectivity index (χ3v) is 4.49. The molecule has 0 N–H and O–H groups in total. The fraction of sp³-hybridized carbons (Fsp3) is 0.923. The lowest BCUT2D eigenvalue weighted by Gasteiger charge is -2.37. The van der Waals surface area contributed by atoms with Crippen LogP contribution in [0.15, 0.2) is 0 Å². The smallest absolute Gasteiger partial charge is 0.309 e. The summed E-state index contributed by atoms with van der Waals surface area (Å²) in [5.74, 6) is 2.90. The van der Waals surface area contributed by atoms with Crippen molar-refractivity contribution in [2.75, 3.05) is 7.11 Å². The molecule has 2 bridgehead atoms. The van der Waals surface area contributed by atoms with E-state index < -0.39 is 0 Å². The molecule has 0 aromatic rings. The van der Waals surface area contributed by atoms with Gasteiger partial charge in [-0.3, -0.25) is 4.79 Å². The van der Waals surface area contributed by atoms with Crippen LogP contribution in [-0.2, 0) is 9.53 Å². The number of hydrogen-bond acceptors (Lipinski definition) is 2. The van der Waals surface area contributed by atoms with E-state index >= 15 is 0 Å². The molecule has 2 aliphatic rings. The van der Waals surface area contributed by atoms with Crippen molar-refractivity contribution in [2.24, 2.45) is 29.6 Å². The second-order valence-corrected chi connectivity index (χ2v) is 5.63. The van der Waals surface area contributed by atoms with E-state index in [0.717, 1.165) is 5.92 Å². The molecule has 0 aromatic heterocycles. The predicted molar refractivity (Wildman–Crippen MR) is 59.3 cm³/mol. The lowest BCUT2D eigenvalue weighted by Crippen LogP contribution is -2.37. The average molecular weight is 210 g/mol. The van der Waals surface area contributed by atoms with Crippen molar-refractivity contribution in [2.45, 2.75) is 39.5 Å². The topological polar surface area (TPSA) is 26.3 Å². The van der Waals surface area contributed by atoms with Crippen LogP contribution in [0.1, 0.15) is 39.5 Å². The Morgan fingerprint density at radius 1 is 1.27 bits per heavy atom. The van der Waals surface area contributed by atoms with Crippen molar-refractivity contribution in [3.8, 4) is 0 Å². The number of carbonyl (C=O) groups excluding carboxylic acids is 1. The molecule has 0 aromatic carbocycles. The summed E-state index contributed by atoms with van der Waals surface area (Å²) in [6.07, 6.45) is 5.09. The zero-order valence-electron chi connectivity index (χ0n) is 10.0. The number of hydrogen-bond donors (Lipinski definition) is 0. The molecule has 15 heavy (non-hydrogen) atoms. The van der Waals surface area contributed by atoms with Gasteiger partial charge in [-0.25, -0.2) is 0 Å². The van der Waals surface area contributed by atoms with Gasteiger partial charge in [0.1, 0.15) is 0 Å². The number of rotatable bonds is 2. The first kappa shape index (κ1) is 11.0. The molecule has 2 heteroatoms. The monoisotopic (exact) mass is 210 g/mol. The minimum atomic E-state index is 0.0408. The van der Waals surface area contributed by atoms with Gasteiger partial charge in [0, 0.05) is 0 Å². The SMILES string of the molecule is COC(=O)C1[C@@H]2CC[C@@H](C2)C[C@@H]1C(C)C.